The Morgan fingerprint density at radius 1 is 1.56 bits per heavy atom. The molecule has 0 saturated heterocycles. The van der Waals surface area contributed by atoms with Crippen molar-refractivity contribution in [2.24, 2.45) is 0 Å². The average molecular weight is 255 g/mol. The van der Waals surface area contributed by atoms with Gasteiger partial charge in [0.2, 0.25) is 0 Å². The smallest absolute Gasteiger partial charge is 0.251 e. The van der Waals surface area contributed by atoms with Crippen LogP contribution in [0.2, 0.25) is 0 Å². The molecule has 0 fully saturated rings. The molecule has 0 aliphatic rings. The van der Waals surface area contributed by atoms with Gasteiger partial charge in [0.1, 0.15) is 0 Å². The van der Waals surface area contributed by atoms with Crippen LogP contribution in [0, 0.1) is 5.82 Å². The minimum Gasteiger partial charge on any atom is -0.494 e. The molecule has 0 aliphatic carbocycles. The number of amides is 1. The van der Waals surface area contributed by atoms with Crippen molar-refractivity contribution in [3.8, 4) is 5.75 Å². The summed E-state index contributed by atoms with van der Waals surface area (Å²) in [6, 6.07) is 3.98. The molecule has 0 aromatic heterocycles. The summed E-state index contributed by atoms with van der Waals surface area (Å²) in [5, 5.41) is 12.0. The van der Waals surface area contributed by atoms with Crippen molar-refractivity contribution in [3.05, 3.63) is 29.6 Å². The van der Waals surface area contributed by atoms with Crippen molar-refractivity contribution < 1.29 is 19.0 Å². The molecule has 100 valence electrons. The standard InChI is InChI=1S/C13H18FNO3/c1-3-4-10(16)8-15-13(17)9-5-6-12(18-2)11(14)7-9/h5-7,10,16H,3-4,8H2,1-2H3,(H,15,17). The minimum absolute atomic E-state index is 0.0950. The van der Waals surface area contributed by atoms with Crippen LogP contribution in [-0.4, -0.2) is 30.8 Å². The van der Waals surface area contributed by atoms with E-state index in [9.17, 15) is 14.3 Å². The van der Waals surface area contributed by atoms with Crippen molar-refractivity contribution in [2.45, 2.75) is 25.9 Å². The number of ether oxygens (including phenoxy) is 1. The van der Waals surface area contributed by atoms with Gasteiger partial charge in [0, 0.05) is 12.1 Å². The number of benzene rings is 1. The molecule has 5 heteroatoms. The molecule has 0 bridgehead atoms. The Hall–Kier alpha value is -1.62. The first-order valence-electron chi connectivity index (χ1n) is 5.88. The zero-order chi connectivity index (χ0) is 13.5. The normalized spacial score (nSPS) is 12.0. The maximum Gasteiger partial charge on any atom is 0.251 e. The van der Waals surface area contributed by atoms with Crippen LogP contribution in [0.1, 0.15) is 30.1 Å². The van der Waals surface area contributed by atoms with Crippen molar-refractivity contribution in [1.82, 2.24) is 5.32 Å². The fraction of sp³-hybridized carbons (Fsp3) is 0.462. The van der Waals surface area contributed by atoms with E-state index >= 15 is 0 Å². The summed E-state index contributed by atoms with van der Waals surface area (Å²) in [6.45, 7) is 2.12. The Kier molecular flexibility index (Phi) is 5.58. The van der Waals surface area contributed by atoms with Crippen molar-refractivity contribution >= 4 is 5.91 Å². The lowest BCUT2D eigenvalue weighted by atomic mass is 10.1. The molecule has 0 aliphatic heterocycles. The van der Waals surface area contributed by atoms with Crippen molar-refractivity contribution in [3.63, 3.8) is 0 Å². The molecular weight excluding hydrogens is 237 g/mol. The molecule has 0 radical (unpaired) electrons. The van der Waals surface area contributed by atoms with E-state index in [0.717, 1.165) is 12.5 Å². The highest BCUT2D eigenvalue weighted by Crippen LogP contribution is 2.17. The first-order chi connectivity index (χ1) is 8.58. The van der Waals surface area contributed by atoms with Gasteiger partial charge in [0.05, 0.1) is 13.2 Å². The number of rotatable bonds is 6. The number of nitrogens with one attached hydrogen (secondary N) is 1. The summed E-state index contributed by atoms with van der Waals surface area (Å²) in [4.78, 5) is 11.7. The molecule has 2 N–H and O–H groups in total. The average Bonchev–Trinajstić information content (AvgIpc) is 2.36. The number of hydrogen-bond donors (Lipinski definition) is 2. The first kappa shape index (κ1) is 14.4. The Morgan fingerprint density at radius 2 is 2.28 bits per heavy atom. The predicted octanol–water partition coefficient (Wildman–Crippen LogP) is 1.73. The zero-order valence-electron chi connectivity index (χ0n) is 10.6. The third-order valence-corrected chi connectivity index (χ3v) is 2.53. The zero-order valence-corrected chi connectivity index (χ0v) is 10.6. The van der Waals surface area contributed by atoms with Crippen LogP contribution in [0.5, 0.6) is 5.75 Å². The minimum atomic E-state index is -0.584. The molecule has 18 heavy (non-hydrogen) atoms. The molecule has 1 amide bonds. The van der Waals surface area contributed by atoms with E-state index in [1.165, 1.54) is 19.2 Å². The predicted molar refractivity (Wildman–Crippen MR) is 66.2 cm³/mol. The summed E-state index contributed by atoms with van der Waals surface area (Å²) in [6.07, 6.45) is 0.896. The summed E-state index contributed by atoms with van der Waals surface area (Å²) >= 11 is 0. The summed E-state index contributed by atoms with van der Waals surface area (Å²) in [7, 11) is 1.36. The molecule has 1 atom stereocenters. The van der Waals surface area contributed by atoms with Gasteiger partial charge in [0.25, 0.3) is 5.91 Å². The third-order valence-electron chi connectivity index (χ3n) is 2.53. The SMILES string of the molecule is CCCC(O)CNC(=O)c1ccc(OC)c(F)c1. The summed E-state index contributed by atoms with van der Waals surface area (Å²) in [5.74, 6) is -0.900. The quantitative estimate of drug-likeness (QED) is 0.813. The van der Waals surface area contributed by atoms with E-state index in [0.29, 0.717) is 6.42 Å². The molecular formula is C13H18FNO3. The first-order valence-corrected chi connectivity index (χ1v) is 5.88. The molecule has 1 aromatic rings. The fourth-order valence-electron chi connectivity index (χ4n) is 1.56. The number of halogens is 1. The lowest BCUT2D eigenvalue weighted by molar-refractivity contribution is 0.0909. The third kappa shape index (κ3) is 4.00. The van der Waals surface area contributed by atoms with Gasteiger partial charge in [-0.05, 0) is 24.6 Å². The highest BCUT2D eigenvalue weighted by atomic mass is 19.1. The van der Waals surface area contributed by atoms with Crippen molar-refractivity contribution in [1.29, 1.82) is 0 Å². The highest BCUT2D eigenvalue weighted by molar-refractivity contribution is 5.94. The maximum absolute atomic E-state index is 13.4. The van der Waals surface area contributed by atoms with Gasteiger partial charge < -0.3 is 15.2 Å². The second-order valence-corrected chi connectivity index (χ2v) is 4.00. The van der Waals surface area contributed by atoms with E-state index in [1.54, 1.807) is 0 Å². The van der Waals surface area contributed by atoms with E-state index in [2.05, 4.69) is 5.32 Å². The Bertz CT molecular complexity index is 409. The largest absolute Gasteiger partial charge is 0.494 e. The highest BCUT2D eigenvalue weighted by Gasteiger charge is 2.11. The van der Waals surface area contributed by atoms with Crippen LogP contribution in [0.3, 0.4) is 0 Å². The fourth-order valence-corrected chi connectivity index (χ4v) is 1.56. The number of aliphatic hydroxyl groups excluding tert-OH is 1. The maximum atomic E-state index is 13.4. The Morgan fingerprint density at radius 3 is 2.83 bits per heavy atom. The van der Waals surface area contributed by atoms with Gasteiger partial charge in [-0.1, -0.05) is 13.3 Å². The summed E-state index contributed by atoms with van der Waals surface area (Å²) < 4.78 is 18.1. The molecule has 0 spiro atoms. The summed E-state index contributed by atoms with van der Waals surface area (Å²) in [5.41, 5.74) is 0.206. The number of carbonyl (C=O) groups excluding carboxylic acids is 1. The molecule has 1 rings (SSSR count). The number of carbonyl (C=O) groups is 1. The topological polar surface area (TPSA) is 58.6 Å². The van der Waals surface area contributed by atoms with Crippen LogP contribution >= 0.6 is 0 Å². The molecule has 1 unspecified atom stereocenters. The second-order valence-electron chi connectivity index (χ2n) is 4.00. The van der Waals surface area contributed by atoms with Gasteiger partial charge in [-0.2, -0.15) is 0 Å². The molecule has 0 heterocycles. The Labute approximate surface area is 106 Å². The number of aliphatic hydroxyl groups is 1. The lowest BCUT2D eigenvalue weighted by Crippen LogP contribution is -2.32. The van der Waals surface area contributed by atoms with E-state index in [1.807, 2.05) is 6.92 Å². The van der Waals surface area contributed by atoms with Crippen LogP contribution in [0.4, 0.5) is 4.39 Å². The Balaban J connectivity index is 2.59. The van der Waals surface area contributed by atoms with Crippen LogP contribution in [0.25, 0.3) is 0 Å². The van der Waals surface area contributed by atoms with Crippen LogP contribution in [-0.2, 0) is 0 Å². The number of methoxy groups -OCH3 is 1. The molecule has 1 aromatic carbocycles. The monoisotopic (exact) mass is 255 g/mol. The molecule has 4 nitrogen and oxygen atoms in total. The van der Waals surface area contributed by atoms with Gasteiger partial charge in [0.15, 0.2) is 11.6 Å². The van der Waals surface area contributed by atoms with E-state index in [4.69, 9.17) is 4.74 Å². The molecule has 0 saturated carbocycles. The van der Waals surface area contributed by atoms with Gasteiger partial charge in [-0.25, -0.2) is 4.39 Å². The second kappa shape index (κ2) is 6.96. The van der Waals surface area contributed by atoms with Gasteiger partial charge in [-0.15, -0.1) is 0 Å². The van der Waals surface area contributed by atoms with Crippen LogP contribution in [0.15, 0.2) is 18.2 Å². The van der Waals surface area contributed by atoms with Gasteiger partial charge >= 0.3 is 0 Å². The van der Waals surface area contributed by atoms with E-state index in [-0.39, 0.29) is 17.9 Å². The van der Waals surface area contributed by atoms with Crippen LogP contribution < -0.4 is 10.1 Å². The van der Waals surface area contributed by atoms with Crippen molar-refractivity contribution in [2.75, 3.05) is 13.7 Å². The number of hydrogen-bond acceptors (Lipinski definition) is 3. The van der Waals surface area contributed by atoms with E-state index < -0.39 is 17.8 Å². The lowest BCUT2D eigenvalue weighted by Gasteiger charge is -2.11. The van der Waals surface area contributed by atoms with Gasteiger partial charge in [-0.3, -0.25) is 4.79 Å².